The second-order valence-corrected chi connectivity index (χ2v) is 7.72. The second kappa shape index (κ2) is 9.34. The van der Waals surface area contributed by atoms with Gasteiger partial charge in [-0.3, -0.25) is 18.7 Å². The van der Waals surface area contributed by atoms with E-state index >= 15 is 0 Å². The lowest BCUT2D eigenvalue weighted by atomic mass is 10.1. The molecule has 0 unspecified atom stereocenters. The van der Waals surface area contributed by atoms with Crippen LogP contribution in [0.3, 0.4) is 0 Å². The Morgan fingerprint density at radius 2 is 1.91 bits per heavy atom. The monoisotopic (exact) mass is 450 g/mol. The molecule has 0 radical (unpaired) electrons. The third-order valence-electron chi connectivity index (χ3n) is 5.73. The highest BCUT2D eigenvalue weighted by atomic mass is 16.4. The van der Waals surface area contributed by atoms with Crippen molar-refractivity contribution >= 4 is 23.1 Å². The minimum atomic E-state index is -1.20. The number of carboxylic acids is 1. The van der Waals surface area contributed by atoms with E-state index in [0.29, 0.717) is 31.1 Å². The Kier molecular flexibility index (Phi) is 6.33. The summed E-state index contributed by atoms with van der Waals surface area (Å²) < 4.78 is 3.82. The van der Waals surface area contributed by atoms with Crippen LogP contribution in [0.15, 0.2) is 33.9 Å². The molecule has 0 saturated carbocycles. The summed E-state index contributed by atoms with van der Waals surface area (Å²) in [5.74, 6) is 5.14. The molecule has 3 heterocycles. The van der Waals surface area contributed by atoms with Crippen LogP contribution in [0, 0.1) is 11.8 Å². The van der Waals surface area contributed by atoms with Gasteiger partial charge in [0.15, 0.2) is 11.2 Å². The van der Waals surface area contributed by atoms with Crippen LogP contribution < -0.4 is 21.5 Å². The van der Waals surface area contributed by atoms with Gasteiger partial charge in [-0.25, -0.2) is 9.36 Å². The van der Waals surface area contributed by atoms with Gasteiger partial charge in [-0.05, 0) is 25.0 Å². The van der Waals surface area contributed by atoms with Crippen LogP contribution >= 0.6 is 0 Å². The summed E-state index contributed by atoms with van der Waals surface area (Å²) in [6, 6.07) is 7.13. The van der Waals surface area contributed by atoms with E-state index in [-0.39, 0.29) is 17.7 Å². The van der Waals surface area contributed by atoms with E-state index in [0.717, 1.165) is 27.8 Å². The number of piperazine rings is 1. The number of carbonyl (C=O) groups is 1. The largest absolute Gasteiger partial charge is 0.480 e. The zero-order valence-corrected chi connectivity index (χ0v) is 18.7. The Morgan fingerprint density at radius 1 is 1.18 bits per heavy atom. The first-order valence-electron chi connectivity index (χ1n) is 10.9. The lowest BCUT2D eigenvalue weighted by molar-refractivity contribution is -0.137. The van der Waals surface area contributed by atoms with Crippen molar-refractivity contribution in [3.63, 3.8) is 0 Å². The molecule has 0 amide bonds. The molecule has 10 heteroatoms. The average molecular weight is 450 g/mol. The van der Waals surface area contributed by atoms with Gasteiger partial charge >= 0.3 is 11.7 Å². The zero-order chi connectivity index (χ0) is 23.5. The number of carboxylic acid groups (broad SMARTS) is 1. The third kappa shape index (κ3) is 4.03. The number of imidazole rings is 1. The van der Waals surface area contributed by atoms with Gasteiger partial charge in [-0.2, -0.15) is 4.98 Å². The molecule has 0 spiro atoms. The zero-order valence-electron chi connectivity index (χ0n) is 18.7. The van der Waals surface area contributed by atoms with E-state index in [9.17, 15) is 19.5 Å². The lowest BCUT2D eigenvalue weighted by Crippen LogP contribution is -2.44. The van der Waals surface area contributed by atoms with Crippen molar-refractivity contribution in [2.75, 3.05) is 31.1 Å². The van der Waals surface area contributed by atoms with Gasteiger partial charge in [0.05, 0.1) is 12.2 Å². The molecule has 2 N–H and O–H groups in total. The van der Waals surface area contributed by atoms with E-state index < -0.39 is 23.8 Å². The minimum Gasteiger partial charge on any atom is -0.480 e. The maximum atomic E-state index is 13.8. The van der Waals surface area contributed by atoms with E-state index in [1.807, 2.05) is 24.0 Å². The molecule has 3 aromatic rings. The molecule has 1 aliphatic heterocycles. The molecular formula is C23H26N6O4. The molecule has 1 aromatic carbocycles. The average Bonchev–Trinajstić information content (AvgIpc) is 3.21. The molecule has 4 rings (SSSR count). The summed E-state index contributed by atoms with van der Waals surface area (Å²) in [6.45, 7) is 6.06. The highest BCUT2D eigenvalue weighted by Gasteiger charge is 2.26. The van der Waals surface area contributed by atoms with Crippen LogP contribution in [0.5, 0.6) is 0 Å². The highest BCUT2D eigenvalue weighted by Crippen LogP contribution is 2.21. The molecule has 10 nitrogen and oxygen atoms in total. The Morgan fingerprint density at radius 3 is 2.58 bits per heavy atom. The van der Waals surface area contributed by atoms with Gasteiger partial charge in [0.25, 0.3) is 5.56 Å². The van der Waals surface area contributed by atoms with E-state index in [1.54, 1.807) is 23.6 Å². The number of rotatable bonds is 6. The number of anilines is 1. The number of nitrogens with zero attached hydrogens (tertiary/aromatic N) is 5. The van der Waals surface area contributed by atoms with E-state index in [1.165, 1.54) is 0 Å². The first-order chi connectivity index (χ1) is 16.0. The summed E-state index contributed by atoms with van der Waals surface area (Å²) in [7, 11) is 0. The van der Waals surface area contributed by atoms with Crippen molar-refractivity contribution in [2.45, 2.75) is 33.4 Å². The molecule has 2 aromatic heterocycles. The number of para-hydroxylation sites is 1. The van der Waals surface area contributed by atoms with Gasteiger partial charge in [0.2, 0.25) is 5.95 Å². The van der Waals surface area contributed by atoms with Crippen LogP contribution in [-0.2, 0) is 24.3 Å². The number of benzene rings is 1. The maximum Gasteiger partial charge on any atom is 0.337 e. The minimum absolute atomic E-state index is 0.0593. The van der Waals surface area contributed by atoms with Crippen molar-refractivity contribution in [2.24, 2.45) is 0 Å². The molecule has 1 aliphatic rings. The topological polar surface area (TPSA) is 114 Å². The molecule has 0 aliphatic carbocycles. The summed E-state index contributed by atoms with van der Waals surface area (Å²) in [6.07, 6.45) is 0.603. The van der Waals surface area contributed by atoms with Crippen molar-refractivity contribution in [3.05, 3.63) is 50.7 Å². The van der Waals surface area contributed by atoms with Crippen LogP contribution in [0.4, 0.5) is 5.95 Å². The molecule has 0 bridgehead atoms. The van der Waals surface area contributed by atoms with Crippen molar-refractivity contribution in [1.82, 2.24) is 24.0 Å². The normalized spacial score (nSPS) is 13.7. The van der Waals surface area contributed by atoms with Crippen molar-refractivity contribution in [1.29, 1.82) is 0 Å². The molecule has 172 valence electrons. The summed E-state index contributed by atoms with van der Waals surface area (Å²) in [5.41, 5.74) is 0.203. The Labute approximate surface area is 190 Å². The Hall–Kier alpha value is -3.84. The lowest BCUT2D eigenvalue weighted by Gasteiger charge is -2.28. The van der Waals surface area contributed by atoms with Gasteiger partial charge in [-0.1, -0.05) is 31.0 Å². The number of aliphatic carboxylic acids is 1. The number of nitrogens with one attached hydrogen (secondary N) is 1. The first-order valence-corrected chi connectivity index (χ1v) is 10.9. The molecular weight excluding hydrogens is 424 g/mol. The van der Waals surface area contributed by atoms with E-state index in [2.05, 4.69) is 22.1 Å². The third-order valence-corrected chi connectivity index (χ3v) is 5.73. The van der Waals surface area contributed by atoms with E-state index in [4.69, 9.17) is 0 Å². The first kappa shape index (κ1) is 22.4. The predicted octanol–water partition coefficient (Wildman–Crippen LogP) is 0.429. The van der Waals surface area contributed by atoms with Crippen LogP contribution in [0.25, 0.3) is 16.9 Å². The Bertz CT molecular complexity index is 1380. The summed E-state index contributed by atoms with van der Waals surface area (Å²) in [5, 5.41) is 12.8. The standard InChI is InChI=1S/C23H26N6O4/c1-3-5-12-27-19-20(25-22(27)26-13-10-24-11-14-26)28(15-18(30)31)23(33)29(21(19)32)17-9-7-6-8-16(17)4-2/h6-9,24H,4,10-15H2,1-2H3,(H,30,31). The number of fused-ring (bicyclic) bond motifs is 1. The molecule has 0 atom stereocenters. The van der Waals surface area contributed by atoms with Crippen LogP contribution in [-0.4, -0.2) is 55.9 Å². The SMILES string of the molecule is CC#CCn1c(N2CCNCC2)nc2c1c(=O)n(-c1ccccc1CC)c(=O)n2CC(=O)O. The molecule has 1 fully saturated rings. The van der Waals surface area contributed by atoms with Gasteiger partial charge in [-0.15, -0.1) is 5.92 Å². The number of aromatic nitrogens is 4. The summed E-state index contributed by atoms with van der Waals surface area (Å²) >= 11 is 0. The fraction of sp³-hybridized carbons (Fsp3) is 0.391. The maximum absolute atomic E-state index is 13.8. The number of hydrogen-bond acceptors (Lipinski definition) is 6. The van der Waals surface area contributed by atoms with Gasteiger partial charge in [0.1, 0.15) is 6.54 Å². The fourth-order valence-corrected chi connectivity index (χ4v) is 4.16. The fourth-order valence-electron chi connectivity index (χ4n) is 4.16. The molecule has 1 saturated heterocycles. The number of hydrogen-bond donors (Lipinski definition) is 2. The Balaban J connectivity index is 2.12. The van der Waals surface area contributed by atoms with Crippen LogP contribution in [0.1, 0.15) is 19.4 Å². The smallest absolute Gasteiger partial charge is 0.337 e. The predicted molar refractivity (Wildman–Crippen MR) is 125 cm³/mol. The van der Waals surface area contributed by atoms with Crippen molar-refractivity contribution in [3.8, 4) is 17.5 Å². The highest BCUT2D eigenvalue weighted by molar-refractivity contribution is 5.77. The quantitative estimate of drug-likeness (QED) is 0.524. The van der Waals surface area contributed by atoms with Gasteiger partial charge in [0, 0.05) is 26.2 Å². The molecule has 33 heavy (non-hydrogen) atoms. The summed E-state index contributed by atoms with van der Waals surface area (Å²) in [4.78, 5) is 45.6. The number of aryl methyl sites for hydroxylation is 1. The van der Waals surface area contributed by atoms with Gasteiger partial charge < -0.3 is 15.3 Å². The van der Waals surface area contributed by atoms with Crippen molar-refractivity contribution < 1.29 is 9.90 Å². The van der Waals surface area contributed by atoms with Crippen LogP contribution in [0.2, 0.25) is 0 Å². The second-order valence-electron chi connectivity index (χ2n) is 7.72.